The molecule has 100 valence electrons. The molecule has 0 spiro atoms. The Morgan fingerprint density at radius 2 is 1.89 bits per heavy atom. The summed E-state index contributed by atoms with van der Waals surface area (Å²) in [4.78, 5) is 22.3. The van der Waals surface area contributed by atoms with Crippen LogP contribution in [-0.2, 0) is 0 Å². The third-order valence-corrected chi connectivity index (χ3v) is 2.56. The van der Waals surface area contributed by atoms with Crippen molar-refractivity contribution in [2.45, 2.75) is 13.8 Å². The highest BCUT2D eigenvalue weighted by Gasteiger charge is 2.15. The summed E-state index contributed by atoms with van der Waals surface area (Å²) in [5, 5.41) is 6.22. The second-order valence-electron chi connectivity index (χ2n) is 4.29. The van der Waals surface area contributed by atoms with Gasteiger partial charge in [-0.05, 0) is 13.8 Å². The summed E-state index contributed by atoms with van der Waals surface area (Å²) < 4.78 is 4.80. The zero-order valence-corrected chi connectivity index (χ0v) is 11.3. The Morgan fingerprint density at radius 3 is 2.37 bits per heavy atom. The van der Waals surface area contributed by atoms with Gasteiger partial charge in [-0.1, -0.05) is 5.16 Å². The molecule has 2 aromatic heterocycles. The van der Waals surface area contributed by atoms with Gasteiger partial charge in [0.2, 0.25) is 11.7 Å². The van der Waals surface area contributed by atoms with E-state index < -0.39 is 0 Å². The molecule has 0 radical (unpaired) electrons. The SMILES string of the molecule is Cc1nc(N(C)C)nc(C)c1NC(=O)c1ccno1. The number of hydrogen-bond acceptors (Lipinski definition) is 6. The topological polar surface area (TPSA) is 84.2 Å². The number of carbonyl (C=O) groups is 1. The van der Waals surface area contributed by atoms with E-state index in [1.807, 2.05) is 32.8 Å². The molecular weight excluding hydrogens is 246 g/mol. The van der Waals surface area contributed by atoms with Crippen LogP contribution in [0.2, 0.25) is 0 Å². The normalized spacial score (nSPS) is 10.3. The van der Waals surface area contributed by atoms with E-state index in [9.17, 15) is 4.79 Å². The monoisotopic (exact) mass is 261 g/mol. The number of carbonyl (C=O) groups excluding carboxylic acids is 1. The van der Waals surface area contributed by atoms with Gasteiger partial charge in [-0.3, -0.25) is 4.79 Å². The Morgan fingerprint density at radius 1 is 1.26 bits per heavy atom. The van der Waals surface area contributed by atoms with Crippen LogP contribution in [0.4, 0.5) is 11.6 Å². The first-order valence-corrected chi connectivity index (χ1v) is 5.73. The van der Waals surface area contributed by atoms with Gasteiger partial charge in [0.05, 0.1) is 23.3 Å². The second kappa shape index (κ2) is 5.05. The molecule has 0 unspecified atom stereocenters. The van der Waals surface area contributed by atoms with Crippen molar-refractivity contribution in [2.75, 3.05) is 24.3 Å². The van der Waals surface area contributed by atoms with Gasteiger partial charge < -0.3 is 14.7 Å². The summed E-state index contributed by atoms with van der Waals surface area (Å²) in [5.74, 6) is 0.382. The Labute approximate surface area is 110 Å². The van der Waals surface area contributed by atoms with E-state index in [4.69, 9.17) is 4.52 Å². The van der Waals surface area contributed by atoms with Crippen molar-refractivity contribution in [3.05, 3.63) is 29.4 Å². The van der Waals surface area contributed by atoms with Crippen LogP contribution >= 0.6 is 0 Å². The summed E-state index contributed by atoms with van der Waals surface area (Å²) in [6.45, 7) is 3.63. The van der Waals surface area contributed by atoms with E-state index >= 15 is 0 Å². The molecule has 1 N–H and O–H groups in total. The molecule has 0 saturated heterocycles. The van der Waals surface area contributed by atoms with Gasteiger partial charge in [0, 0.05) is 20.2 Å². The molecule has 0 aliphatic rings. The Kier molecular flexibility index (Phi) is 3.46. The molecule has 1 amide bonds. The van der Waals surface area contributed by atoms with Crippen molar-refractivity contribution in [3.8, 4) is 0 Å². The van der Waals surface area contributed by atoms with Gasteiger partial charge >= 0.3 is 0 Å². The lowest BCUT2D eigenvalue weighted by Gasteiger charge is -2.15. The van der Waals surface area contributed by atoms with Crippen LogP contribution in [0.25, 0.3) is 0 Å². The average molecular weight is 261 g/mol. The van der Waals surface area contributed by atoms with Crippen molar-refractivity contribution >= 4 is 17.5 Å². The average Bonchev–Trinajstić information content (AvgIpc) is 2.86. The van der Waals surface area contributed by atoms with E-state index in [1.54, 1.807) is 0 Å². The minimum absolute atomic E-state index is 0.149. The highest BCUT2D eigenvalue weighted by atomic mass is 16.5. The number of hydrogen-bond donors (Lipinski definition) is 1. The third-order valence-electron chi connectivity index (χ3n) is 2.56. The van der Waals surface area contributed by atoms with Crippen LogP contribution in [0.15, 0.2) is 16.8 Å². The van der Waals surface area contributed by atoms with E-state index in [1.165, 1.54) is 12.3 Å². The fourth-order valence-electron chi connectivity index (χ4n) is 1.59. The molecule has 0 aromatic carbocycles. The highest BCUT2D eigenvalue weighted by Crippen LogP contribution is 2.20. The Balaban J connectivity index is 2.28. The van der Waals surface area contributed by atoms with Crippen LogP contribution in [0, 0.1) is 13.8 Å². The van der Waals surface area contributed by atoms with Crippen molar-refractivity contribution < 1.29 is 9.32 Å². The maximum Gasteiger partial charge on any atom is 0.294 e. The predicted octanol–water partition coefficient (Wildman–Crippen LogP) is 1.40. The zero-order chi connectivity index (χ0) is 14.0. The van der Waals surface area contributed by atoms with E-state index in [2.05, 4.69) is 20.4 Å². The maximum absolute atomic E-state index is 11.9. The first kappa shape index (κ1) is 13.0. The number of aryl methyl sites for hydroxylation is 2. The predicted molar refractivity (Wildman–Crippen MR) is 70.3 cm³/mol. The molecule has 0 fully saturated rings. The molecular formula is C12H15N5O2. The largest absolute Gasteiger partial charge is 0.351 e. The summed E-state index contributed by atoms with van der Waals surface area (Å²) in [6.07, 6.45) is 1.42. The smallest absolute Gasteiger partial charge is 0.294 e. The van der Waals surface area contributed by atoms with E-state index in [0.717, 1.165) is 0 Å². The second-order valence-corrected chi connectivity index (χ2v) is 4.29. The quantitative estimate of drug-likeness (QED) is 0.899. The van der Waals surface area contributed by atoms with Crippen molar-refractivity contribution in [1.82, 2.24) is 15.1 Å². The van der Waals surface area contributed by atoms with Gasteiger partial charge in [0.15, 0.2) is 0 Å². The van der Waals surface area contributed by atoms with E-state index in [-0.39, 0.29) is 11.7 Å². The molecule has 7 heteroatoms. The lowest BCUT2D eigenvalue weighted by atomic mass is 10.2. The molecule has 0 bridgehead atoms. The first-order valence-electron chi connectivity index (χ1n) is 5.73. The zero-order valence-electron chi connectivity index (χ0n) is 11.3. The van der Waals surface area contributed by atoms with Crippen LogP contribution in [0.5, 0.6) is 0 Å². The number of aromatic nitrogens is 3. The summed E-state index contributed by atoms with van der Waals surface area (Å²) >= 11 is 0. The van der Waals surface area contributed by atoms with Crippen LogP contribution in [0.1, 0.15) is 21.9 Å². The number of nitrogens with zero attached hydrogens (tertiary/aromatic N) is 4. The summed E-state index contributed by atoms with van der Waals surface area (Å²) in [7, 11) is 3.72. The highest BCUT2D eigenvalue weighted by molar-refractivity contribution is 6.02. The summed E-state index contributed by atoms with van der Waals surface area (Å²) in [6, 6.07) is 1.50. The maximum atomic E-state index is 11.9. The lowest BCUT2D eigenvalue weighted by molar-refractivity contribution is 0.0987. The van der Waals surface area contributed by atoms with Gasteiger partial charge in [0.25, 0.3) is 5.91 Å². The first-order chi connectivity index (χ1) is 8.99. The number of rotatable bonds is 3. The van der Waals surface area contributed by atoms with Crippen LogP contribution < -0.4 is 10.2 Å². The van der Waals surface area contributed by atoms with Crippen LogP contribution in [-0.4, -0.2) is 35.1 Å². The van der Waals surface area contributed by atoms with Gasteiger partial charge in [-0.2, -0.15) is 0 Å². The number of amides is 1. The van der Waals surface area contributed by atoms with Gasteiger partial charge in [-0.25, -0.2) is 9.97 Å². The van der Waals surface area contributed by atoms with Crippen LogP contribution in [0.3, 0.4) is 0 Å². The van der Waals surface area contributed by atoms with Gasteiger partial charge in [0.1, 0.15) is 0 Å². The summed E-state index contributed by atoms with van der Waals surface area (Å²) in [5.41, 5.74) is 1.99. The van der Waals surface area contributed by atoms with Crippen molar-refractivity contribution in [2.24, 2.45) is 0 Å². The number of nitrogens with one attached hydrogen (secondary N) is 1. The molecule has 2 heterocycles. The molecule has 0 atom stereocenters. The minimum Gasteiger partial charge on any atom is -0.351 e. The molecule has 2 aromatic rings. The lowest BCUT2D eigenvalue weighted by Crippen LogP contribution is -2.18. The van der Waals surface area contributed by atoms with Crippen molar-refractivity contribution in [3.63, 3.8) is 0 Å². The molecule has 0 saturated carbocycles. The fraction of sp³-hybridized carbons (Fsp3) is 0.333. The Hall–Kier alpha value is -2.44. The van der Waals surface area contributed by atoms with Crippen molar-refractivity contribution in [1.29, 1.82) is 0 Å². The molecule has 7 nitrogen and oxygen atoms in total. The molecule has 0 aliphatic carbocycles. The fourth-order valence-corrected chi connectivity index (χ4v) is 1.59. The van der Waals surface area contributed by atoms with Gasteiger partial charge in [-0.15, -0.1) is 0 Å². The minimum atomic E-state index is -0.370. The third kappa shape index (κ3) is 2.70. The standard InChI is InChI=1S/C12H15N5O2/c1-7-10(8(2)15-12(14-7)17(3)4)16-11(18)9-5-6-13-19-9/h5-6H,1-4H3,(H,16,18). The molecule has 2 rings (SSSR count). The Bertz CT molecular complexity index is 569. The molecule has 19 heavy (non-hydrogen) atoms. The molecule has 0 aliphatic heterocycles. The van der Waals surface area contributed by atoms with E-state index in [0.29, 0.717) is 23.0 Å². The number of anilines is 2.